The molecule has 5 heteroatoms. The lowest BCUT2D eigenvalue weighted by Crippen LogP contribution is -2.25. The Morgan fingerprint density at radius 1 is 0.960 bits per heavy atom. The standard InChI is InChI=1S/C20H21NO3S/c1-2-14-3-5-15(6-4-14)11-12-24-17-9-7-16(8-10-17)13-18-19(22)21-20(23)25-18/h3-10,18H,2,11-13H2,1H3,(H,21,22,23). The van der Waals surface area contributed by atoms with E-state index >= 15 is 0 Å². The van der Waals surface area contributed by atoms with E-state index in [1.807, 2.05) is 24.3 Å². The highest BCUT2D eigenvalue weighted by molar-refractivity contribution is 8.15. The second-order valence-corrected chi connectivity index (χ2v) is 7.18. The number of benzene rings is 2. The summed E-state index contributed by atoms with van der Waals surface area (Å²) in [5, 5.41) is 1.72. The molecule has 0 bridgehead atoms. The summed E-state index contributed by atoms with van der Waals surface area (Å²) in [6.45, 7) is 2.78. The Morgan fingerprint density at radius 3 is 2.20 bits per heavy atom. The molecule has 1 N–H and O–H groups in total. The smallest absolute Gasteiger partial charge is 0.286 e. The van der Waals surface area contributed by atoms with Crippen molar-refractivity contribution in [2.45, 2.75) is 31.4 Å². The predicted molar refractivity (Wildman–Crippen MR) is 100 cm³/mol. The van der Waals surface area contributed by atoms with Crippen LogP contribution < -0.4 is 10.1 Å². The lowest BCUT2D eigenvalue weighted by molar-refractivity contribution is -0.118. The second-order valence-electron chi connectivity index (χ2n) is 6.00. The molecule has 0 aliphatic carbocycles. The van der Waals surface area contributed by atoms with Crippen LogP contribution in [0.2, 0.25) is 0 Å². The molecule has 25 heavy (non-hydrogen) atoms. The zero-order valence-corrected chi connectivity index (χ0v) is 15.0. The second kappa shape index (κ2) is 8.21. The zero-order chi connectivity index (χ0) is 17.6. The molecule has 0 saturated carbocycles. The van der Waals surface area contributed by atoms with Gasteiger partial charge in [-0.1, -0.05) is 55.1 Å². The fourth-order valence-corrected chi connectivity index (χ4v) is 3.55. The maximum absolute atomic E-state index is 11.6. The molecule has 130 valence electrons. The topological polar surface area (TPSA) is 55.4 Å². The number of hydrogen-bond acceptors (Lipinski definition) is 4. The number of ether oxygens (including phenoxy) is 1. The van der Waals surface area contributed by atoms with Gasteiger partial charge < -0.3 is 4.74 Å². The van der Waals surface area contributed by atoms with E-state index in [4.69, 9.17) is 4.74 Å². The molecule has 1 aliphatic rings. The Labute approximate surface area is 152 Å². The number of imide groups is 1. The first kappa shape index (κ1) is 17.5. The van der Waals surface area contributed by atoms with E-state index in [0.29, 0.717) is 13.0 Å². The number of carbonyl (C=O) groups excluding carboxylic acids is 2. The fourth-order valence-electron chi connectivity index (χ4n) is 2.69. The number of carbonyl (C=O) groups is 2. The lowest BCUT2D eigenvalue weighted by Gasteiger charge is -2.09. The summed E-state index contributed by atoms with van der Waals surface area (Å²) in [7, 11) is 0. The molecule has 2 aromatic rings. The van der Waals surface area contributed by atoms with Gasteiger partial charge in [0.05, 0.1) is 11.9 Å². The van der Waals surface area contributed by atoms with Crippen LogP contribution in [0.1, 0.15) is 23.6 Å². The van der Waals surface area contributed by atoms with Crippen molar-refractivity contribution in [3.63, 3.8) is 0 Å². The van der Waals surface area contributed by atoms with Crippen LogP contribution in [0.15, 0.2) is 48.5 Å². The van der Waals surface area contributed by atoms with Crippen molar-refractivity contribution in [3.8, 4) is 5.75 Å². The molecule has 1 aliphatic heterocycles. The third-order valence-corrected chi connectivity index (χ3v) is 5.18. The minimum absolute atomic E-state index is 0.204. The highest BCUT2D eigenvalue weighted by Gasteiger charge is 2.31. The van der Waals surface area contributed by atoms with Crippen LogP contribution >= 0.6 is 11.8 Å². The SMILES string of the molecule is CCc1ccc(CCOc2ccc(CC3SC(=O)NC3=O)cc2)cc1. The van der Waals surface area contributed by atoms with Crippen molar-refractivity contribution >= 4 is 22.9 Å². The van der Waals surface area contributed by atoms with Crippen LogP contribution in [0, 0.1) is 0 Å². The molecule has 3 rings (SSSR count). The Morgan fingerprint density at radius 2 is 1.60 bits per heavy atom. The summed E-state index contributed by atoms with van der Waals surface area (Å²) < 4.78 is 5.79. The first-order chi connectivity index (χ1) is 12.1. The number of amides is 2. The maximum Gasteiger partial charge on any atom is 0.286 e. The monoisotopic (exact) mass is 355 g/mol. The molecular weight excluding hydrogens is 334 g/mol. The highest BCUT2D eigenvalue weighted by atomic mass is 32.2. The largest absolute Gasteiger partial charge is 0.493 e. The normalized spacial score (nSPS) is 16.8. The Hall–Kier alpha value is -2.27. The molecule has 2 amide bonds. The first-order valence-corrected chi connectivity index (χ1v) is 9.33. The molecule has 2 aromatic carbocycles. The van der Waals surface area contributed by atoms with E-state index in [2.05, 4.69) is 36.5 Å². The number of rotatable bonds is 7. The average molecular weight is 355 g/mol. The van der Waals surface area contributed by atoms with Gasteiger partial charge in [0.25, 0.3) is 5.24 Å². The molecule has 1 fully saturated rings. The Bertz CT molecular complexity index is 741. The number of thioether (sulfide) groups is 1. The van der Waals surface area contributed by atoms with Gasteiger partial charge in [-0.05, 0) is 41.7 Å². The average Bonchev–Trinajstić information content (AvgIpc) is 2.94. The molecule has 1 saturated heterocycles. The van der Waals surface area contributed by atoms with Gasteiger partial charge in [-0.2, -0.15) is 0 Å². The van der Waals surface area contributed by atoms with Crippen LogP contribution in [0.4, 0.5) is 4.79 Å². The third kappa shape index (κ3) is 4.86. The van der Waals surface area contributed by atoms with Crippen LogP contribution in [0.25, 0.3) is 0 Å². The van der Waals surface area contributed by atoms with E-state index in [9.17, 15) is 9.59 Å². The van der Waals surface area contributed by atoms with Gasteiger partial charge in [0.1, 0.15) is 5.75 Å². The van der Waals surface area contributed by atoms with Gasteiger partial charge in [0, 0.05) is 6.42 Å². The van der Waals surface area contributed by atoms with E-state index < -0.39 is 0 Å². The number of nitrogens with one attached hydrogen (secondary N) is 1. The summed E-state index contributed by atoms with van der Waals surface area (Å²) in [6, 6.07) is 16.3. The number of aryl methyl sites for hydroxylation is 1. The van der Waals surface area contributed by atoms with Gasteiger partial charge in [0.2, 0.25) is 5.91 Å². The molecule has 4 nitrogen and oxygen atoms in total. The van der Waals surface area contributed by atoms with Gasteiger partial charge in [-0.3, -0.25) is 14.9 Å². The Balaban J connectivity index is 1.47. The summed E-state index contributed by atoms with van der Waals surface area (Å²) in [4.78, 5) is 22.8. The highest BCUT2D eigenvalue weighted by Crippen LogP contribution is 2.23. The molecule has 0 spiro atoms. The van der Waals surface area contributed by atoms with Crippen molar-refractivity contribution < 1.29 is 14.3 Å². The molecule has 1 heterocycles. The minimum atomic E-state index is -0.328. The van der Waals surface area contributed by atoms with Crippen LogP contribution in [-0.2, 0) is 24.1 Å². The quantitative estimate of drug-likeness (QED) is 0.821. The molecule has 0 radical (unpaired) electrons. The van der Waals surface area contributed by atoms with Crippen molar-refractivity contribution in [2.24, 2.45) is 0 Å². The van der Waals surface area contributed by atoms with E-state index in [-0.39, 0.29) is 16.4 Å². The van der Waals surface area contributed by atoms with Crippen molar-refractivity contribution in [2.75, 3.05) is 6.61 Å². The summed E-state index contributed by atoms with van der Waals surface area (Å²) >= 11 is 1.06. The minimum Gasteiger partial charge on any atom is -0.493 e. The van der Waals surface area contributed by atoms with Gasteiger partial charge in [0.15, 0.2) is 0 Å². The fraction of sp³-hybridized carbons (Fsp3) is 0.300. The van der Waals surface area contributed by atoms with Crippen LogP contribution in [0.5, 0.6) is 5.75 Å². The van der Waals surface area contributed by atoms with Crippen molar-refractivity contribution in [1.29, 1.82) is 0 Å². The van der Waals surface area contributed by atoms with Gasteiger partial charge in [-0.25, -0.2) is 0 Å². The van der Waals surface area contributed by atoms with Crippen LogP contribution in [0.3, 0.4) is 0 Å². The predicted octanol–water partition coefficient (Wildman–Crippen LogP) is 3.76. The third-order valence-electron chi connectivity index (χ3n) is 4.20. The van der Waals surface area contributed by atoms with E-state index in [1.54, 1.807) is 0 Å². The van der Waals surface area contributed by atoms with Crippen molar-refractivity contribution in [3.05, 3.63) is 65.2 Å². The summed E-state index contributed by atoms with van der Waals surface area (Å²) in [5.41, 5.74) is 3.63. The van der Waals surface area contributed by atoms with E-state index in [1.165, 1.54) is 11.1 Å². The first-order valence-electron chi connectivity index (χ1n) is 8.45. The molecule has 1 unspecified atom stereocenters. The lowest BCUT2D eigenvalue weighted by atomic mass is 10.1. The van der Waals surface area contributed by atoms with Crippen molar-refractivity contribution in [1.82, 2.24) is 5.32 Å². The molecular formula is C20H21NO3S. The summed E-state index contributed by atoms with van der Waals surface area (Å²) in [5.74, 6) is 0.609. The Kier molecular flexibility index (Phi) is 5.76. The molecule has 1 atom stereocenters. The van der Waals surface area contributed by atoms with Crippen LogP contribution in [-0.4, -0.2) is 23.0 Å². The summed E-state index contributed by atoms with van der Waals surface area (Å²) in [6.07, 6.45) is 2.47. The van der Waals surface area contributed by atoms with Gasteiger partial charge >= 0.3 is 0 Å². The number of hydrogen-bond donors (Lipinski definition) is 1. The maximum atomic E-state index is 11.6. The van der Waals surface area contributed by atoms with Gasteiger partial charge in [-0.15, -0.1) is 0 Å². The van der Waals surface area contributed by atoms with E-state index in [0.717, 1.165) is 35.9 Å². The zero-order valence-electron chi connectivity index (χ0n) is 14.2. The molecule has 0 aromatic heterocycles.